The Morgan fingerprint density at radius 2 is 1.83 bits per heavy atom. The van der Waals surface area contributed by atoms with E-state index < -0.39 is 0 Å². The molecule has 94 valence electrons. The maximum Gasteiger partial charge on any atom is 0.247 e. The average molecular weight is 243 g/mol. The minimum atomic E-state index is -0.242. The van der Waals surface area contributed by atoms with Crippen LogP contribution in [0.4, 0.5) is 0 Å². The molecule has 0 saturated carbocycles. The van der Waals surface area contributed by atoms with Crippen molar-refractivity contribution in [2.75, 3.05) is 0 Å². The van der Waals surface area contributed by atoms with Crippen molar-refractivity contribution in [1.82, 2.24) is 5.32 Å². The fraction of sp³-hybridized carbons (Fsp3) is 0.200. The zero-order chi connectivity index (χ0) is 13.5. The van der Waals surface area contributed by atoms with Gasteiger partial charge in [-0.1, -0.05) is 36.9 Å². The third-order valence-electron chi connectivity index (χ3n) is 2.42. The van der Waals surface area contributed by atoms with Gasteiger partial charge >= 0.3 is 0 Å². The van der Waals surface area contributed by atoms with Crippen LogP contribution in [0.1, 0.15) is 19.4 Å². The van der Waals surface area contributed by atoms with Crippen molar-refractivity contribution in [3.63, 3.8) is 0 Å². The van der Waals surface area contributed by atoms with Gasteiger partial charge in [0.2, 0.25) is 5.91 Å². The number of amides is 1. The molecule has 0 unspecified atom stereocenters. The predicted octanol–water partition coefficient (Wildman–Crippen LogP) is 2.39. The molecule has 0 saturated heterocycles. The summed E-state index contributed by atoms with van der Waals surface area (Å²) in [4.78, 5) is 23.1. The summed E-state index contributed by atoms with van der Waals surface area (Å²) in [7, 11) is 0. The minimum Gasteiger partial charge on any atom is -0.348 e. The molecular weight excluding hydrogens is 226 g/mol. The minimum absolute atomic E-state index is 0.220. The van der Waals surface area contributed by atoms with Crippen molar-refractivity contribution in [1.29, 1.82) is 0 Å². The zero-order valence-corrected chi connectivity index (χ0v) is 10.7. The van der Waals surface area contributed by atoms with E-state index in [0.29, 0.717) is 17.7 Å². The Morgan fingerprint density at radius 3 is 2.39 bits per heavy atom. The lowest BCUT2D eigenvalue weighted by molar-refractivity contribution is -0.118. The number of carbonyl (C=O) groups excluding carboxylic acids is 2. The first kappa shape index (κ1) is 13.9. The molecule has 0 radical (unpaired) electrons. The lowest BCUT2D eigenvalue weighted by atomic mass is 10.1. The molecule has 0 aliphatic carbocycles. The molecule has 0 heterocycles. The number of rotatable bonds is 5. The Morgan fingerprint density at radius 1 is 1.22 bits per heavy atom. The number of carbonyl (C=O) groups is 2. The summed E-state index contributed by atoms with van der Waals surface area (Å²) in [6.45, 7) is 7.22. The molecule has 3 heteroatoms. The molecular formula is C15H17NO2. The summed E-state index contributed by atoms with van der Waals surface area (Å²) in [6.07, 6.45) is 1.31. The van der Waals surface area contributed by atoms with E-state index in [-0.39, 0.29) is 11.7 Å². The van der Waals surface area contributed by atoms with Gasteiger partial charge in [0.15, 0.2) is 5.78 Å². The van der Waals surface area contributed by atoms with Crippen molar-refractivity contribution in [2.45, 2.75) is 20.4 Å². The van der Waals surface area contributed by atoms with E-state index in [1.807, 2.05) is 30.3 Å². The van der Waals surface area contributed by atoms with Crippen LogP contribution < -0.4 is 5.32 Å². The first-order valence-electron chi connectivity index (χ1n) is 5.71. The van der Waals surface area contributed by atoms with Gasteiger partial charge in [-0.3, -0.25) is 9.59 Å². The highest BCUT2D eigenvalue weighted by Gasteiger charge is 2.06. The molecule has 0 spiro atoms. The highest BCUT2D eigenvalue weighted by molar-refractivity contribution is 6.08. The summed E-state index contributed by atoms with van der Waals surface area (Å²) in [5.74, 6) is -0.462. The molecule has 0 bridgehead atoms. The number of benzene rings is 1. The Labute approximate surface area is 107 Å². The quantitative estimate of drug-likeness (QED) is 0.807. The Balaban J connectivity index is 2.56. The van der Waals surface area contributed by atoms with Crippen LogP contribution in [0.5, 0.6) is 0 Å². The molecule has 0 aliphatic heterocycles. The maximum atomic E-state index is 11.7. The summed E-state index contributed by atoms with van der Waals surface area (Å²) < 4.78 is 0. The molecule has 1 amide bonds. The molecule has 0 atom stereocenters. The lowest BCUT2D eigenvalue weighted by Crippen LogP contribution is -2.23. The fourth-order valence-electron chi connectivity index (χ4n) is 1.30. The van der Waals surface area contributed by atoms with Gasteiger partial charge in [-0.05, 0) is 31.1 Å². The van der Waals surface area contributed by atoms with Gasteiger partial charge in [-0.15, -0.1) is 0 Å². The smallest absolute Gasteiger partial charge is 0.247 e. The number of hydrogen-bond acceptors (Lipinski definition) is 2. The van der Waals surface area contributed by atoms with Crippen LogP contribution in [0.2, 0.25) is 0 Å². The summed E-state index contributed by atoms with van der Waals surface area (Å²) >= 11 is 0. The van der Waals surface area contributed by atoms with Crippen LogP contribution in [0, 0.1) is 0 Å². The van der Waals surface area contributed by atoms with Crippen molar-refractivity contribution < 1.29 is 9.59 Å². The molecule has 0 fully saturated rings. The summed E-state index contributed by atoms with van der Waals surface area (Å²) in [5, 5.41) is 2.75. The second kappa shape index (κ2) is 6.55. The molecule has 0 aliphatic rings. The van der Waals surface area contributed by atoms with Crippen molar-refractivity contribution in [2.24, 2.45) is 0 Å². The van der Waals surface area contributed by atoms with Crippen LogP contribution in [0.3, 0.4) is 0 Å². The lowest BCUT2D eigenvalue weighted by Gasteiger charge is -2.05. The van der Waals surface area contributed by atoms with Crippen LogP contribution in [-0.2, 0) is 16.1 Å². The van der Waals surface area contributed by atoms with E-state index in [4.69, 9.17) is 0 Å². The topological polar surface area (TPSA) is 46.2 Å². The van der Waals surface area contributed by atoms with Crippen LogP contribution in [0.15, 0.2) is 54.1 Å². The number of allylic oxidation sites excluding steroid dienone is 2. The van der Waals surface area contributed by atoms with Gasteiger partial charge in [0.1, 0.15) is 0 Å². The predicted molar refractivity (Wildman–Crippen MR) is 71.9 cm³/mol. The van der Waals surface area contributed by atoms with Gasteiger partial charge in [-0.2, -0.15) is 0 Å². The molecule has 0 aromatic heterocycles. The first-order chi connectivity index (χ1) is 8.50. The van der Waals surface area contributed by atoms with E-state index >= 15 is 0 Å². The number of hydrogen-bond donors (Lipinski definition) is 1. The van der Waals surface area contributed by atoms with Crippen LogP contribution in [-0.4, -0.2) is 11.7 Å². The van der Waals surface area contributed by atoms with Gasteiger partial charge in [0.25, 0.3) is 0 Å². The van der Waals surface area contributed by atoms with Crippen LogP contribution >= 0.6 is 0 Å². The average Bonchev–Trinajstić information content (AvgIpc) is 2.36. The maximum absolute atomic E-state index is 11.7. The van der Waals surface area contributed by atoms with E-state index in [1.165, 1.54) is 6.08 Å². The normalized spacial score (nSPS) is 10.9. The highest BCUT2D eigenvalue weighted by atomic mass is 16.2. The second-order valence-corrected chi connectivity index (χ2v) is 4.14. The summed E-state index contributed by atoms with van der Waals surface area (Å²) in [6, 6.07) is 9.60. The molecule has 18 heavy (non-hydrogen) atoms. The molecule has 1 N–H and O–H groups in total. The van der Waals surface area contributed by atoms with E-state index in [2.05, 4.69) is 11.9 Å². The van der Waals surface area contributed by atoms with Gasteiger partial charge in [-0.25, -0.2) is 0 Å². The van der Waals surface area contributed by atoms with Crippen molar-refractivity contribution >= 4 is 11.7 Å². The zero-order valence-electron chi connectivity index (χ0n) is 10.7. The van der Waals surface area contributed by atoms with Crippen molar-refractivity contribution in [3.8, 4) is 0 Å². The molecule has 1 aromatic carbocycles. The second-order valence-electron chi connectivity index (χ2n) is 4.14. The standard InChI is InChI=1S/C15H17NO2/c1-11(2)14(17)9-12(3)15(18)16-10-13-7-5-4-6-8-13/h4-9H,1,10H2,2-3H3,(H,16,18). The van der Waals surface area contributed by atoms with Gasteiger partial charge in [0.05, 0.1) is 0 Å². The van der Waals surface area contributed by atoms with Gasteiger partial charge < -0.3 is 5.32 Å². The van der Waals surface area contributed by atoms with E-state index in [9.17, 15) is 9.59 Å². The molecule has 1 aromatic rings. The van der Waals surface area contributed by atoms with Crippen molar-refractivity contribution in [3.05, 3.63) is 59.7 Å². The van der Waals surface area contributed by atoms with Crippen LogP contribution in [0.25, 0.3) is 0 Å². The summed E-state index contributed by atoms with van der Waals surface area (Å²) in [5.41, 5.74) is 1.83. The third-order valence-corrected chi connectivity index (χ3v) is 2.42. The third kappa shape index (κ3) is 4.37. The monoisotopic (exact) mass is 243 g/mol. The molecule has 3 nitrogen and oxygen atoms in total. The molecule has 1 rings (SSSR count). The fourth-order valence-corrected chi connectivity index (χ4v) is 1.30. The number of ketones is 1. The Bertz CT molecular complexity index is 486. The largest absolute Gasteiger partial charge is 0.348 e. The van der Waals surface area contributed by atoms with E-state index in [0.717, 1.165) is 5.56 Å². The Kier molecular flexibility index (Phi) is 5.06. The SMILES string of the molecule is C=C(C)C(=O)C=C(C)C(=O)NCc1ccccc1. The first-order valence-corrected chi connectivity index (χ1v) is 5.71. The number of nitrogens with one attached hydrogen (secondary N) is 1. The van der Waals surface area contributed by atoms with Gasteiger partial charge in [0, 0.05) is 12.1 Å². The Hall–Kier alpha value is -2.16. The highest BCUT2D eigenvalue weighted by Crippen LogP contribution is 2.01. The van der Waals surface area contributed by atoms with E-state index in [1.54, 1.807) is 13.8 Å².